The van der Waals surface area contributed by atoms with Crippen LogP contribution in [-0.4, -0.2) is 53.4 Å². The summed E-state index contributed by atoms with van der Waals surface area (Å²) in [5, 5.41) is 12.6. The third-order valence-corrected chi connectivity index (χ3v) is 7.42. The molecule has 2 heterocycles. The first kappa shape index (κ1) is 21.7. The van der Waals surface area contributed by atoms with E-state index in [2.05, 4.69) is 81.8 Å². The van der Waals surface area contributed by atoms with Crippen LogP contribution in [0.15, 0.2) is 65.7 Å². The van der Waals surface area contributed by atoms with Crippen LogP contribution in [0.1, 0.15) is 49.3 Å². The molecule has 1 amide bonds. The number of aliphatic imine (C=N–C) groups is 1. The van der Waals surface area contributed by atoms with Crippen LogP contribution in [-0.2, 0) is 4.79 Å². The number of benzene rings is 2. The van der Waals surface area contributed by atoms with E-state index in [9.17, 15) is 10.1 Å². The number of carbonyl (C=O) groups excluding carboxylic acids is 1. The van der Waals surface area contributed by atoms with Crippen molar-refractivity contribution in [3.8, 4) is 6.07 Å². The molecule has 2 aromatic carbocycles. The van der Waals surface area contributed by atoms with Crippen molar-refractivity contribution < 1.29 is 4.79 Å². The van der Waals surface area contributed by atoms with Crippen LogP contribution in [0.5, 0.6) is 0 Å². The first-order valence-corrected chi connectivity index (χ1v) is 12.1. The van der Waals surface area contributed by atoms with Gasteiger partial charge in [-0.1, -0.05) is 79.9 Å². The monoisotopic (exact) mass is 441 g/mol. The van der Waals surface area contributed by atoms with Gasteiger partial charge in [-0.05, 0) is 24.0 Å². The van der Waals surface area contributed by atoms with E-state index in [0.29, 0.717) is 5.96 Å². The van der Waals surface area contributed by atoms with Crippen LogP contribution >= 0.6 is 0 Å². The van der Waals surface area contributed by atoms with E-state index in [0.717, 1.165) is 58.3 Å². The van der Waals surface area contributed by atoms with E-state index in [1.165, 1.54) is 11.1 Å². The predicted molar refractivity (Wildman–Crippen MR) is 128 cm³/mol. The largest absolute Gasteiger partial charge is 0.340 e. The van der Waals surface area contributed by atoms with Crippen molar-refractivity contribution in [1.82, 2.24) is 15.1 Å². The highest BCUT2D eigenvalue weighted by Crippen LogP contribution is 2.40. The van der Waals surface area contributed by atoms with Gasteiger partial charge in [0.1, 0.15) is 0 Å². The van der Waals surface area contributed by atoms with Crippen molar-refractivity contribution >= 4 is 11.9 Å². The summed E-state index contributed by atoms with van der Waals surface area (Å²) in [4.78, 5) is 22.6. The number of nitrogens with zero attached hydrogens (tertiary/aromatic N) is 4. The highest BCUT2D eigenvalue weighted by molar-refractivity contribution is 6.02. The maximum atomic E-state index is 12.8. The molecule has 1 aliphatic carbocycles. The van der Waals surface area contributed by atoms with E-state index in [1.54, 1.807) is 0 Å². The Bertz CT molecular complexity index is 992. The summed E-state index contributed by atoms with van der Waals surface area (Å²) in [7, 11) is 0. The third kappa shape index (κ3) is 4.26. The van der Waals surface area contributed by atoms with E-state index < -0.39 is 11.5 Å². The van der Waals surface area contributed by atoms with Crippen LogP contribution in [0.25, 0.3) is 0 Å². The van der Waals surface area contributed by atoms with Gasteiger partial charge < -0.3 is 4.90 Å². The van der Waals surface area contributed by atoms with Gasteiger partial charge in [0.15, 0.2) is 5.92 Å². The summed E-state index contributed by atoms with van der Waals surface area (Å²) < 4.78 is 0. The first-order chi connectivity index (χ1) is 16.2. The van der Waals surface area contributed by atoms with Crippen molar-refractivity contribution in [3.05, 3.63) is 71.8 Å². The Morgan fingerprint density at radius 1 is 0.909 bits per heavy atom. The highest BCUT2D eigenvalue weighted by Gasteiger charge is 2.48. The average molecular weight is 442 g/mol. The Morgan fingerprint density at radius 3 is 2.03 bits per heavy atom. The Morgan fingerprint density at radius 2 is 1.48 bits per heavy atom. The second kappa shape index (κ2) is 9.36. The zero-order chi connectivity index (χ0) is 22.7. The number of carbonyl (C=O) groups is 1. The summed E-state index contributed by atoms with van der Waals surface area (Å²) in [6, 6.07) is 23.8. The summed E-state index contributed by atoms with van der Waals surface area (Å²) in [6.07, 6.45) is 4.88. The van der Waals surface area contributed by atoms with E-state index in [-0.39, 0.29) is 11.9 Å². The molecular formula is C27H31N5O. The fourth-order valence-electron chi connectivity index (χ4n) is 5.70. The molecular weight excluding hydrogens is 410 g/mol. The molecule has 2 aliphatic heterocycles. The number of hydrogen-bond acceptors (Lipinski definition) is 5. The zero-order valence-corrected chi connectivity index (χ0v) is 19.0. The summed E-state index contributed by atoms with van der Waals surface area (Å²) in [6.45, 7) is 3.33. The summed E-state index contributed by atoms with van der Waals surface area (Å²) >= 11 is 0. The molecule has 6 heteroatoms. The van der Waals surface area contributed by atoms with Gasteiger partial charge in [0, 0.05) is 26.2 Å². The second-order valence-electron chi connectivity index (χ2n) is 9.40. The average Bonchev–Trinajstić information content (AvgIpc) is 2.86. The molecule has 5 rings (SSSR count). The molecule has 1 saturated carbocycles. The molecule has 0 aromatic heterocycles. The van der Waals surface area contributed by atoms with Crippen LogP contribution in [0, 0.1) is 17.2 Å². The smallest absolute Gasteiger partial charge is 0.246 e. The van der Waals surface area contributed by atoms with Crippen LogP contribution in [0.2, 0.25) is 0 Å². The lowest BCUT2D eigenvalue weighted by Crippen LogP contribution is -2.60. The minimum atomic E-state index is -0.677. The highest BCUT2D eigenvalue weighted by atomic mass is 16.2. The number of amides is 1. The minimum absolute atomic E-state index is 0.182. The third-order valence-electron chi connectivity index (χ3n) is 7.42. The van der Waals surface area contributed by atoms with E-state index >= 15 is 0 Å². The lowest BCUT2D eigenvalue weighted by molar-refractivity contribution is -0.125. The number of guanidine groups is 1. The van der Waals surface area contributed by atoms with Gasteiger partial charge in [0.05, 0.1) is 17.6 Å². The summed E-state index contributed by atoms with van der Waals surface area (Å²) in [5.41, 5.74) is 2.04. The maximum absolute atomic E-state index is 12.8. The SMILES string of the molecule is N#C[C@H]1C(=O)NC(N2CCN(C(c3ccccc3)c3ccccc3)CC2)=NC12CCCCC2. The number of nitrogens with one attached hydrogen (secondary N) is 1. The second-order valence-corrected chi connectivity index (χ2v) is 9.40. The quantitative estimate of drug-likeness (QED) is 0.788. The van der Waals surface area contributed by atoms with Crippen LogP contribution in [0.4, 0.5) is 0 Å². The fraction of sp³-hybridized carbons (Fsp3) is 0.444. The molecule has 2 aromatic rings. The van der Waals surface area contributed by atoms with Crippen LogP contribution < -0.4 is 5.32 Å². The molecule has 170 valence electrons. The van der Waals surface area contributed by atoms with E-state index in [4.69, 9.17) is 4.99 Å². The molecule has 33 heavy (non-hydrogen) atoms. The molecule has 1 saturated heterocycles. The topological polar surface area (TPSA) is 71.7 Å². The van der Waals surface area contributed by atoms with Gasteiger partial charge >= 0.3 is 0 Å². The van der Waals surface area contributed by atoms with Gasteiger partial charge in [0.2, 0.25) is 11.9 Å². The summed E-state index contributed by atoms with van der Waals surface area (Å²) in [5.74, 6) is -0.189. The van der Waals surface area contributed by atoms with Crippen molar-refractivity contribution in [2.24, 2.45) is 10.9 Å². The predicted octanol–water partition coefficient (Wildman–Crippen LogP) is 3.72. The maximum Gasteiger partial charge on any atom is 0.246 e. The number of rotatable bonds is 3. The van der Waals surface area contributed by atoms with Crippen molar-refractivity contribution in [2.45, 2.75) is 43.7 Å². The molecule has 2 fully saturated rings. The van der Waals surface area contributed by atoms with Crippen molar-refractivity contribution in [3.63, 3.8) is 0 Å². The number of nitriles is 1. The molecule has 3 aliphatic rings. The lowest BCUT2D eigenvalue weighted by atomic mass is 9.72. The standard InChI is InChI=1S/C27H31N5O/c28-20-23-25(33)29-26(30-27(23)14-8-3-9-15-27)32-18-16-31(17-19-32)24(21-10-4-1-5-11-21)22-12-6-2-7-13-22/h1-2,4-7,10-13,23-24H,3,8-9,14-19H2,(H,29,30,33)/t23-/m0/s1. The Labute approximate surface area is 195 Å². The van der Waals surface area contributed by atoms with Gasteiger partial charge in [-0.3, -0.25) is 15.0 Å². The minimum Gasteiger partial charge on any atom is -0.340 e. The van der Waals surface area contributed by atoms with Crippen molar-refractivity contribution in [2.75, 3.05) is 26.2 Å². The Hall–Kier alpha value is -3.17. The number of hydrogen-bond donors (Lipinski definition) is 1. The first-order valence-electron chi connectivity index (χ1n) is 12.1. The molecule has 1 N–H and O–H groups in total. The van der Waals surface area contributed by atoms with Gasteiger partial charge in [-0.25, -0.2) is 4.99 Å². The zero-order valence-electron chi connectivity index (χ0n) is 19.0. The molecule has 6 nitrogen and oxygen atoms in total. The van der Waals surface area contributed by atoms with E-state index in [1.807, 2.05) is 0 Å². The normalized spacial score (nSPS) is 23.2. The Balaban J connectivity index is 1.36. The fourth-order valence-corrected chi connectivity index (χ4v) is 5.70. The van der Waals surface area contributed by atoms with Gasteiger partial charge in [0.25, 0.3) is 0 Å². The van der Waals surface area contributed by atoms with Crippen molar-refractivity contribution in [1.29, 1.82) is 5.26 Å². The molecule has 0 bridgehead atoms. The molecule has 1 spiro atoms. The van der Waals surface area contributed by atoms with Crippen LogP contribution in [0.3, 0.4) is 0 Å². The number of piperazine rings is 1. The van der Waals surface area contributed by atoms with Gasteiger partial charge in [-0.2, -0.15) is 5.26 Å². The Kier molecular flexibility index (Phi) is 6.15. The molecule has 0 unspecified atom stereocenters. The lowest BCUT2D eigenvalue weighted by Gasteiger charge is -2.45. The molecule has 0 radical (unpaired) electrons. The van der Waals surface area contributed by atoms with Gasteiger partial charge in [-0.15, -0.1) is 0 Å². The molecule has 1 atom stereocenters.